The van der Waals surface area contributed by atoms with Gasteiger partial charge in [-0.25, -0.2) is 0 Å². The Balaban J connectivity index is 1.95. The minimum atomic E-state index is 0.303. The van der Waals surface area contributed by atoms with Crippen molar-refractivity contribution < 1.29 is 4.79 Å². The molecule has 1 aromatic carbocycles. The Bertz CT molecular complexity index is 415. The van der Waals surface area contributed by atoms with Gasteiger partial charge >= 0.3 is 0 Å². The molecule has 1 saturated heterocycles. The third kappa shape index (κ3) is 4.63. The summed E-state index contributed by atoms with van der Waals surface area (Å²) in [6, 6.07) is 8.66. The largest absolute Gasteiger partial charge is 0.300 e. The molecule has 0 saturated carbocycles. The molecule has 0 amide bonds. The lowest BCUT2D eigenvalue weighted by atomic mass is 9.96. The number of carbonyl (C=O) groups excluding carboxylic acids is 1. The monoisotopic (exact) mass is 279 g/mol. The van der Waals surface area contributed by atoms with E-state index in [4.69, 9.17) is 11.6 Å². The molecule has 1 fully saturated rings. The number of likely N-dealkylation sites (tertiary alicyclic amines) is 1. The van der Waals surface area contributed by atoms with E-state index in [2.05, 4.69) is 17.0 Å². The molecule has 0 aromatic heterocycles. The first-order chi connectivity index (χ1) is 9.15. The smallest absolute Gasteiger partial charge is 0.129 e. The number of Topliss-reactive ketones (excluding diaryl/α,β-unsaturated/α-hetero) is 1. The predicted molar refractivity (Wildman–Crippen MR) is 79.4 cm³/mol. The van der Waals surface area contributed by atoms with Crippen LogP contribution in [0.1, 0.15) is 44.6 Å². The Morgan fingerprint density at radius 2 is 2.05 bits per heavy atom. The maximum absolute atomic E-state index is 11.2. The zero-order valence-corrected chi connectivity index (χ0v) is 12.3. The summed E-state index contributed by atoms with van der Waals surface area (Å²) in [7, 11) is 0. The molecule has 3 heteroatoms. The van der Waals surface area contributed by atoms with Crippen LogP contribution in [0.2, 0.25) is 5.02 Å². The molecule has 1 heterocycles. The Morgan fingerprint density at radius 3 is 2.74 bits per heavy atom. The van der Waals surface area contributed by atoms with Crippen molar-refractivity contribution in [3.63, 3.8) is 0 Å². The van der Waals surface area contributed by atoms with Gasteiger partial charge in [0, 0.05) is 24.0 Å². The fourth-order valence-corrected chi connectivity index (χ4v) is 2.92. The maximum atomic E-state index is 11.2. The van der Waals surface area contributed by atoms with Gasteiger partial charge in [-0.05, 0) is 50.4 Å². The third-order valence-corrected chi connectivity index (χ3v) is 4.13. The third-order valence-electron chi connectivity index (χ3n) is 3.88. The second-order valence-corrected chi connectivity index (χ2v) is 5.92. The van der Waals surface area contributed by atoms with E-state index < -0.39 is 0 Å². The number of hydrogen-bond acceptors (Lipinski definition) is 2. The van der Waals surface area contributed by atoms with Crippen LogP contribution in [0, 0.1) is 0 Å². The van der Waals surface area contributed by atoms with E-state index in [1.54, 1.807) is 6.92 Å². The first-order valence-corrected chi connectivity index (χ1v) is 7.51. The fourth-order valence-electron chi connectivity index (χ4n) is 2.79. The number of ketones is 1. The van der Waals surface area contributed by atoms with Gasteiger partial charge in [0.25, 0.3) is 0 Å². The molecular weight excluding hydrogens is 258 g/mol. The fraction of sp³-hybridized carbons (Fsp3) is 0.562. The topological polar surface area (TPSA) is 20.3 Å². The quantitative estimate of drug-likeness (QED) is 0.810. The van der Waals surface area contributed by atoms with Crippen LogP contribution in [0.15, 0.2) is 24.3 Å². The molecular formula is C16H22ClNO. The van der Waals surface area contributed by atoms with Gasteiger partial charge in [-0.2, -0.15) is 0 Å². The number of benzene rings is 1. The SMILES string of the molecule is CC(=O)CCC1CCCCN1Cc1ccc(Cl)cc1. The summed E-state index contributed by atoms with van der Waals surface area (Å²) < 4.78 is 0. The number of hydrogen-bond donors (Lipinski definition) is 0. The molecule has 19 heavy (non-hydrogen) atoms. The van der Waals surface area contributed by atoms with E-state index >= 15 is 0 Å². The second kappa shape index (κ2) is 7.06. The summed E-state index contributed by atoms with van der Waals surface area (Å²) >= 11 is 5.92. The van der Waals surface area contributed by atoms with Gasteiger partial charge in [0.2, 0.25) is 0 Å². The number of nitrogens with zero attached hydrogens (tertiary/aromatic N) is 1. The molecule has 0 aliphatic carbocycles. The molecule has 0 bridgehead atoms. The van der Waals surface area contributed by atoms with Crippen molar-refractivity contribution in [2.45, 2.75) is 51.6 Å². The molecule has 1 aliphatic rings. The summed E-state index contributed by atoms with van der Waals surface area (Å²) in [6.45, 7) is 3.80. The van der Waals surface area contributed by atoms with Crippen LogP contribution in [0.4, 0.5) is 0 Å². The Labute approximate surface area is 120 Å². The van der Waals surface area contributed by atoms with Crippen LogP contribution in [0.5, 0.6) is 0 Å². The summed E-state index contributed by atoms with van der Waals surface area (Å²) in [5, 5.41) is 0.788. The number of piperidine rings is 1. The van der Waals surface area contributed by atoms with Crippen molar-refractivity contribution in [3.8, 4) is 0 Å². The van der Waals surface area contributed by atoms with E-state index in [0.29, 0.717) is 18.2 Å². The van der Waals surface area contributed by atoms with E-state index in [-0.39, 0.29) is 0 Å². The van der Waals surface area contributed by atoms with Crippen molar-refractivity contribution in [1.82, 2.24) is 4.90 Å². The highest BCUT2D eigenvalue weighted by molar-refractivity contribution is 6.30. The van der Waals surface area contributed by atoms with Gasteiger partial charge in [-0.3, -0.25) is 4.90 Å². The minimum Gasteiger partial charge on any atom is -0.300 e. The average Bonchev–Trinajstić information content (AvgIpc) is 2.40. The van der Waals surface area contributed by atoms with Crippen LogP contribution in [-0.4, -0.2) is 23.3 Å². The van der Waals surface area contributed by atoms with Gasteiger partial charge < -0.3 is 4.79 Å². The van der Waals surface area contributed by atoms with Gasteiger partial charge in [0.15, 0.2) is 0 Å². The predicted octanol–water partition coefficient (Wildman–Crippen LogP) is 4.06. The molecule has 1 aliphatic heterocycles. The molecule has 104 valence electrons. The zero-order chi connectivity index (χ0) is 13.7. The highest BCUT2D eigenvalue weighted by Crippen LogP contribution is 2.23. The van der Waals surface area contributed by atoms with Crippen LogP contribution in [0.25, 0.3) is 0 Å². The zero-order valence-electron chi connectivity index (χ0n) is 11.6. The van der Waals surface area contributed by atoms with E-state index in [1.807, 2.05) is 12.1 Å². The Morgan fingerprint density at radius 1 is 1.32 bits per heavy atom. The van der Waals surface area contributed by atoms with Gasteiger partial charge in [-0.1, -0.05) is 30.2 Å². The minimum absolute atomic E-state index is 0.303. The van der Waals surface area contributed by atoms with Crippen LogP contribution >= 0.6 is 11.6 Å². The van der Waals surface area contributed by atoms with Crippen LogP contribution in [-0.2, 0) is 11.3 Å². The average molecular weight is 280 g/mol. The number of carbonyl (C=O) groups is 1. The molecule has 1 aromatic rings. The molecule has 2 rings (SSSR count). The van der Waals surface area contributed by atoms with Gasteiger partial charge in [0.1, 0.15) is 5.78 Å². The first kappa shape index (κ1) is 14.5. The molecule has 1 atom stereocenters. The van der Waals surface area contributed by atoms with Crippen LogP contribution < -0.4 is 0 Å². The van der Waals surface area contributed by atoms with Crippen LogP contribution in [0.3, 0.4) is 0 Å². The lowest BCUT2D eigenvalue weighted by Gasteiger charge is -2.35. The lowest BCUT2D eigenvalue weighted by molar-refractivity contribution is -0.117. The molecule has 1 unspecified atom stereocenters. The van der Waals surface area contributed by atoms with E-state index in [0.717, 1.165) is 24.5 Å². The lowest BCUT2D eigenvalue weighted by Crippen LogP contribution is -2.39. The Hall–Kier alpha value is -0.860. The molecule has 0 radical (unpaired) electrons. The Kier molecular flexibility index (Phi) is 5.41. The first-order valence-electron chi connectivity index (χ1n) is 7.13. The van der Waals surface area contributed by atoms with Crippen molar-refractivity contribution in [2.75, 3.05) is 6.54 Å². The summed E-state index contributed by atoms with van der Waals surface area (Å²) in [5.74, 6) is 0.303. The summed E-state index contributed by atoms with van der Waals surface area (Å²) in [6.07, 6.45) is 5.50. The number of halogens is 1. The van der Waals surface area contributed by atoms with Gasteiger partial charge in [0.05, 0.1) is 0 Å². The highest BCUT2D eigenvalue weighted by atomic mass is 35.5. The second-order valence-electron chi connectivity index (χ2n) is 5.49. The summed E-state index contributed by atoms with van der Waals surface area (Å²) in [4.78, 5) is 13.7. The van der Waals surface area contributed by atoms with Crippen molar-refractivity contribution >= 4 is 17.4 Å². The van der Waals surface area contributed by atoms with E-state index in [9.17, 15) is 4.79 Å². The maximum Gasteiger partial charge on any atom is 0.129 e. The summed E-state index contributed by atoms with van der Waals surface area (Å²) in [5.41, 5.74) is 1.30. The standard InChI is InChI=1S/C16H22ClNO/c1-13(19)5-10-16-4-2-3-11-18(16)12-14-6-8-15(17)9-7-14/h6-9,16H,2-5,10-12H2,1H3. The van der Waals surface area contributed by atoms with Crippen molar-refractivity contribution in [2.24, 2.45) is 0 Å². The van der Waals surface area contributed by atoms with Gasteiger partial charge in [-0.15, -0.1) is 0 Å². The van der Waals surface area contributed by atoms with E-state index in [1.165, 1.54) is 24.8 Å². The number of rotatable bonds is 5. The molecule has 0 N–H and O–H groups in total. The normalized spacial score (nSPS) is 20.4. The molecule has 2 nitrogen and oxygen atoms in total. The highest BCUT2D eigenvalue weighted by Gasteiger charge is 2.22. The van der Waals surface area contributed by atoms with Crippen molar-refractivity contribution in [1.29, 1.82) is 0 Å². The van der Waals surface area contributed by atoms with Crippen molar-refractivity contribution in [3.05, 3.63) is 34.9 Å². The molecule has 0 spiro atoms.